The van der Waals surface area contributed by atoms with Crippen molar-refractivity contribution >= 4 is 14.5 Å². The van der Waals surface area contributed by atoms with Gasteiger partial charge in [0.15, 0.2) is 0 Å². The monoisotopic (exact) mass is 355 g/mol. The molecule has 20 heavy (non-hydrogen) atoms. The molecule has 8 heteroatoms. The third-order valence-corrected chi connectivity index (χ3v) is 5.48. The standard InChI is InChI=1S/C12H30AsN3O4/c1-7-14(8-2)18-13(17,19-15(9-3)10-4)20-16(11-5)12-6/h7-12H2,1-6H3. The molecule has 0 aliphatic heterocycles. The SMILES string of the molecule is CCN(CC)O[As](=O)(ON(CC)CC)ON(CC)CC. The van der Waals surface area contributed by atoms with E-state index in [-0.39, 0.29) is 0 Å². The fourth-order valence-corrected chi connectivity index (χ4v) is 4.91. The van der Waals surface area contributed by atoms with Gasteiger partial charge in [-0.15, -0.1) is 0 Å². The van der Waals surface area contributed by atoms with Crippen molar-refractivity contribution < 1.29 is 15.2 Å². The van der Waals surface area contributed by atoms with Crippen LogP contribution in [0.15, 0.2) is 0 Å². The summed E-state index contributed by atoms with van der Waals surface area (Å²) in [6.07, 6.45) is 0. The van der Waals surface area contributed by atoms with Gasteiger partial charge in [0.2, 0.25) is 0 Å². The molecule has 0 aromatic carbocycles. The first-order valence-electron chi connectivity index (χ1n) is 7.42. The van der Waals surface area contributed by atoms with E-state index in [0.717, 1.165) is 0 Å². The zero-order chi connectivity index (χ0) is 15.6. The molecule has 0 spiro atoms. The second-order valence-electron chi connectivity index (χ2n) is 4.03. The van der Waals surface area contributed by atoms with Crippen molar-refractivity contribution in [2.45, 2.75) is 41.5 Å². The Balaban J connectivity index is 4.95. The average molecular weight is 355 g/mol. The van der Waals surface area contributed by atoms with E-state index in [1.54, 1.807) is 15.2 Å². The molecular formula is C12H30AsN3O4. The first-order chi connectivity index (χ1) is 9.48. The number of nitrogens with zero attached hydrogens (tertiary/aromatic N) is 3. The summed E-state index contributed by atoms with van der Waals surface area (Å²) in [7, 11) is 0. The van der Waals surface area contributed by atoms with Crippen LogP contribution in [0.1, 0.15) is 41.5 Å². The summed E-state index contributed by atoms with van der Waals surface area (Å²) >= 11 is -4.43. The summed E-state index contributed by atoms with van der Waals surface area (Å²) in [4.78, 5) is 0. The maximum absolute atomic E-state index is 12.9. The van der Waals surface area contributed by atoms with Gasteiger partial charge in [-0.25, -0.2) is 0 Å². The van der Waals surface area contributed by atoms with Gasteiger partial charge in [0.1, 0.15) is 0 Å². The topological polar surface area (TPSA) is 54.5 Å². The first-order valence-corrected chi connectivity index (χ1v) is 10.5. The molecule has 0 unspecified atom stereocenters. The van der Waals surface area contributed by atoms with Crippen molar-refractivity contribution in [2.24, 2.45) is 0 Å². The van der Waals surface area contributed by atoms with Gasteiger partial charge < -0.3 is 0 Å². The van der Waals surface area contributed by atoms with Crippen molar-refractivity contribution in [1.29, 1.82) is 0 Å². The molecule has 0 aliphatic carbocycles. The van der Waals surface area contributed by atoms with Gasteiger partial charge in [0, 0.05) is 0 Å². The normalized spacial score (nSPS) is 12.8. The maximum atomic E-state index is 12.9. The summed E-state index contributed by atoms with van der Waals surface area (Å²) in [5.41, 5.74) is 0. The third-order valence-electron chi connectivity index (χ3n) is 2.76. The Morgan fingerprint density at radius 2 is 0.800 bits per heavy atom. The molecule has 0 aromatic rings. The average Bonchev–Trinajstić information content (AvgIpc) is 2.48. The molecule has 0 saturated carbocycles. The molecule has 0 rings (SSSR count). The number of rotatable bonds is 12. The molecule has 0 amide bonds. The Hall–Kier alpha value is 0.118. The van der Waals surface area contributed by atoms with Gasteiger partial charge in [-0.2, -0.15) is 0 Å². The van der Waals surface area contributed by atoms with Crippen molar-refractivity contribution in [2.75, 3.05) is 39.3 Å². The second-order valence-corrected chi connectivity index (χ2v) is 6.94. The van der Waals surface area contributed by atoms with Gasteiger partial charge in [0.25, 0.3) is 0 Å². The molecule has 0 aliphatic rings. The molecule has 122 valence electrons. The first kappa shape index (κ1) is 20.1. The molecule has 0 N–H and O–H groups in total. The number of hydroxylamine groups is 6. The number of hydrogen-bond donors (Lipinski definition) is 0. The van der Waals surface area contributed by atoms with E-state index in [4.69, 9.17) is 11.5 Å². The van der Waals surface area contributed by atoms with E-state index in [1.807, 2.05) is 41.5 Å². The molecule has 7 nitrogen and oxygen atoms in total. The second kappa shape index (κ2) is 10.8. The molecule has 0 atom stereocenters. The molecule has 0 radical (unpaired) electrons. The van der Waals surface area contributed by atoms with E-state index in [1.165, 1.54) is 0 Å². The summed E-state index contributed by atoms with van der Waals surface area (Å²) in [5.74, 6) is 0. The van der Waals surface area contributed by atoms with Crippen molar-refractivity contribution in [3.8, 4) is 0 Å². The van der Waals surface area contributed by atoms with Gasteiger partial charge in [0.05, 0.1) is 0 Å². The van der Waals surface area contributed by atoms with Crippen molar-refractivity contribution in [3.63, 3.8) is 0 Å². The molecule has 0 aromatic heterocycles. The Morgan fingerprint density at radius 3 is 0.950 bits per heavy atom. The van der Waals surface area contributed by atoms with Crippen LogP contribution in [0.4, 0.5) is 0 Å². The van der Waals surface area contributed by atoms with Gasteiger partial charge in [-0.05, 0) is 0 Å². The van der Waals surface area contributed by atoms with Crippen LogP contribution < -0.4 is 0 Å². The number of hydrogen-bond acceptors (Lipinski definition) is 7. The van der Waals surface area contributed by atoms with E-state index >= 15 is 0 Å². The Kier molecular flexibility index (Phi) is 10.9. The minimum absolute atomic E-state index is 0.616. The van der Waals surface area contributed by atoms with Gasteiger partial charge in [-0.1, -0.05) is 0 Å². The predicted molar refractivity (Wildman–Crippen MR) is 78.5 cm³/mol. The van der Waals surface area contributed by atoms with Crippen molar-refractivity contribution in [1.82, 2.24) is 15.2 Å². The van der Waals surface area contributed by atoms with Crippen molar-refractivity contribution in [3.05, 3.63) is 0 Å². The van der Waals surface area contributed by atoms with Crippen LogP contribution in [-0.4, -0.2) is 69.0 Å². The van der Waals surface area contributed by atoms with E-state index < -0.39 is 14.5 Å². The predicted octanol–water partition coefficient (Wildman–Crippen LogP) is 1.67. The van der Waals surface area contributed by atoms with Crippen LogP contribution in [0.3, 0.4) is 0 Å². The van der Waals surface area contributed by atoms with Gasteiger partial charge >= 0.3 is 126 Å². The molecule has 0 saturated heterocycles. The Morgan fingerprint density at radius 1 is 0.600 bits per heavy atom. The summed E-state index contributed by atoms with van der Waals surface area (Å²) in [6.45, 7) is 15.3. The molecule has 0 fully saturated rings. The fourth-order valence-electron chi connectivity index (χ4n) is 1.49. The van der Waals surface area contributed by atoms with Gasteiger partial charge in [-0.3, -0.25) is 0 Å². The van der Waals surface area contributed by atoms with Crippen LogP contribution in [0, 0.1) is 0 Å². The molecule has 0 heterocycles. The van der Waals surface area contributed by atoms with Crippen LogP contribution >= 0.6 is 0 Å². The third kappa shape index (κ3) is 7.22. The van der Waals surface area contributed by atoms with Crippen LogP contribution in [0.5, 0.6) is 0 Å². The van der Waals surface area contributed by atoms with Crippen LogP contribution in [-0.2, 0) is 15.2 Å². The Bertz CT molecular complexity index is 239. The Labute approximate surface area is 126 Å². The van der Waals surface area contributed by atoms with Crippen LogP contribution in [0.25, 0.3) is 0 Å². The summed E-state index contributed by atoms with van der Waals surface area (Å²) < 4.78 is 29.4. The van der Waals surface area contributed by atoms with E-state index in [9.17, 15) is 3.74 Å². The van der Waals surface area contributed by atoms with E-state index in [0.29, 0.717) is 39.3 Å². The quantitative estimate of drug-likeness (QED) is 0.390. The minimum atomic E-state index is -4.43. The molecule has 0 bridgehead atoms. The summed E-state index contributed by atoms with van der Waals surface area (Å²) in [6, 6.07) is 0. The fraction of sp³-hybridized carbons (Fsp3) is 1.00. The summed E-state index contributed by atoms with van der Waals surface area (Å²) in [5, 5.41) is 4.77. The van der Waals surface area contributed by atoms with Crippen LogP contribution in [0.2, 0.25) is 0 Å². The zero-order valence-electron chi connectivity index (χ0n) is 13.7. The zero-order valence-corrected chi connectivity index (χ0v) is 15.5. The van der Waals surface area contributed by atoms with E-state index in [2.05, 4.69) is 0 Å². The molecular weight excluding hydrogens is 325 g/mol.